The lowest BCUT2D eigenvalue weighted by Gasteiger charge is -2.34. The summed E-state index contributed by atoms with van der Waals surface area (Å²) >= 11 is 1.41. The highest BCUT2D eigenvalue weighted by atomic mass is 32.1. The monoisotopic (exact) mass is 389 g/mol. The largest absolute Gasteiger partial charge is 0.484 e. The second-order valence-corrected chi connectivity index (χ2v) is 7.09. The number of carbonyl (C=O) groups is 2. The number of hydrogen-bond acceptors (Lipinski definition) is 6. The van der Waals surface area contributed by atoms with Crippen LogP contribution >= 0.6 is 11.3 Å². The van der Waals surface area contributed by atoms with E-state index in [1.54, 1.807) is 28.9 Å². The average molecular weight is 389 g/mol. The summed E-state index contributed by atoms with van der Waals surface area (Å²) in [5.41, 5.74) is 0.492. The number of carbonyl (C=O) groups excluding carboxylic acids is 2. The van der Waals surface area contributed by atoms with E-state index >= 15 is 0 Å². The van der Waals surface area contributed by atoms with Crippen molar-refractivity contribution in [2.45, 2.75) is 6.92 Å². The summed E-state index contributed by atoms with van der Waals surface area (Å²) in [6.45, 7) is 3.36. The molecular formula is C18H19N3O5S. The van der Waals surface area contributed by atoms with Crippen molar-refractivity contribution in [3.63, 3.8) is 0 Å². The van der Waals surface area contributed by atoms with Crippen molar-refractivity contribution in [2.24, 2.45) is 0 Å². The van der Waals surface area contributed by atoms with Gasteiger partial charge in [-0.05, 0) is 30.5 Å². The number of rotatable bonds is 5. The number of benzene rings is 1. The van der Waals surface area contributed by atoms with Crippen molar-refractivity contribution in [1.82, 2.24) is 9.80 Å². The number of aryl methyl sites for hydroxylation is 1. The van der Waals surface area contributed by atoms with E-state index in [0.29, 0.717) is 42.4 Å². The molecule has 1 saturated heterocycles. The molecule has 9 heteroatoms. The van der Waals surface area contributed by atoms with Crippen LogP contribution in [0.4, 0.5) is 5.69 Å². The Hall–Kier alpha value is -2.94. The quantitative estimate of drug-likeness (QED) is 0.578. The molecule has 0 saturated carbocycles. The smallest absolute Gasteiger partial charge is 0.272 e. The van der Waals surface area contributed by atoms with Crippen LogP contribution in [-0.4, -0.2) is 59.3 Å². The van der Waals surface area contributed by atoms with E-state index in [2.05, 4.69) is 0 Å². The number of ether oxygens (including phenoxy) is 1. The highest BCUT2D eigenvalue weighted by Gasteiger charge is 2.25. The van der Waals surface area contributed by atoms with Gasteiger partial charge in [-0.1, -0.05) is 6.07 Å². The first-order chi connectivity index (χ1) is 13.0. The predicted molar refractivity (Wildman–Crippen MR) is 100 cm³/mol. The molecule has 2 heterocycles. The molecule has 1 aliphatic heterocycles. The molecule has 2 amide bonds. The van der Waals surface area contributed by atoms with Crippen LogP contribution in [0, 0.1) is 17.0 Å². The van der Waals surface area contributed by atoms with Crippen LogP contribution < -0.4 is 4.74 Å². The molecule has 1 aromatic carbocycles. The number of nitrogens with zero attached hydrogens (tertiary/aromatic N) is 3. The Morgan fingerprint density at radius 3 is 2.48 bits per heavy atom. The summed E-state index contributed by atoms with van der Waals surface area (Å²) in [4.78, 5) is 39.1. The van der Waals surface area contributed by atoms with E-state index in [1.165, 1.54) is 23.5 Å². The summed E-state index contributed by atoms with van der Waals surface area (Å²) in [7, 11) is 0. The molecule has 0 atom stereocenters. The van der Waals surface area contributed by atoms with Gasteiger partial charge in [-0.25, -0.2) is 0 Å². The lowest BCUT2D eigenvalue weighted by atomic mass is 10.2. The number of amides is 2. The van der Waals surface area contributed by atoms with E-state index in [1.807, 2.05) is 11.4 Å². The zero-order valence-electron chi connectivity index (χ0n) is 14.8. The predicted octanol–water partition coefficient (Wildman–Crippen LogP) is 2.33. The molecule has 1 aromatic heterocycles. The van der Waals surface area contributed by atoms with Gasteiger partial charge in [0.2, 0.25) is 0 Å². The molecule has 3 rings (SSSR count). The Bertz CT molecular complexity index is 845. The molecule has 0 unspecified atom stereocenters. The number of nitro benzene ring substituents is 1. The molecule has 0 bridgehead atoms. The highest BCUT2D eigenvalue weighted by Crippen LogP contribution is 2.23. The van der Waals surface area contributed by atoms with Crippen molar-refractivity contribution in [3.8, 4) is 5.75 Å². The Morgan fingerprint density at radius 2 is 1.89 bits per heavy atom. The summed E-state index contributed by atoms with van der Waals surface area (Å²) in [6.07, 6.45) is 0. The van der Waals surface area contributed by atoms with Gasteiger partial charge in [-0.15, -0.1) is 11.3 Å². The van der Waals surface area contributed by atoms with Crippen molar-refractivity contribution in [2.75, 3.05) is 32.8 Å². The van der Waals surface area contributed by atoms with Crippen LogP contribution in [0.3, 0.4) is 0 Å². The number of nitro groups is 1. The van der Waals surface area contributed by atoms with Crippen LogP contribution in [0.15, 0.2) is 35.7 Å². The van der Waals surface area contributed by atoms with Crippen molar-refractivity contribution >= 4 is 28.8 Å². The van der Waals surface area contributed by atoms with Gasteiger partial charge in [0.05, 0.1) is 9.80 Å². The Balaban J connectivity index is 1.49. The maximum Gasteiger partial charge on any atom is 0.272 e. The minimum absolute atomic E-state index is 0.00490. The highest BCUT2D eigenvalue weighted by molar-refractivity contribution is 7.12. The molecule has 0 spiro atoms. The second kappa shape index (κ2) is 8.17. The molecule has 2 aromatic rings. The molecule has 0 N–H and O–H groups in total. The van der Waals surface area contributed by atoms with Crippen molar-refractivity contribution in [1.29, 1.82) is 0 Å². The third kappa shape index (κ3) is 4.43. The van der Waals surface area contributed by atoms with Crippen LogP contribution in [-0.2, 0) is 4.79 Å². The molecule has 1 aliphatic rings. The first-order valence-electron chi connectivity index (χ1n) is 8.44. The fourth-order valence-electron chi connectivity index (χ4n) is 2.87. The molecule has 0 aliphatic carbocycles. The summed E-state index contributed by atoms with van der Waals surface area (Å²) in [5, 5.41) is 12.7. The summed E-state index contributed by atoms with van der Waals surface area (Å²) in [5.74, 6) is 0.238. The first kappa shape index (κ1) is 18.8. The van der Waals surface area contributed by atoms with Crippen LogP contribution in [0.25, 0.3) is 0 Å². The minimum atomic E-state index is -0.457. The van der Waals surface area contributed by atoms with Crippen molar-refractivity contribution < 1.29 is 19.2 Å². The average Bonchev–Trinajstić information content (AvgIpc) is 3.20. The zero-order valence-corrected chi connectivity index (χ0v) is 15.6. The van der Waals surface area contributed by atoms with Gasteiger partial charge in [-0.3, -0.25) is 19.7 Å². The molecule has 142 valence electrons. The Morgan fingerprint density at radius 1 is 1.19 bits per heavy atom. The first-order valence-corrected chi connectivity index (χ1v) is 9.32. The van der Waals surface area contributed by atoms with Crippen LogP contribution in [0.1, 0.15) is 15.2 Å². The van der Waals surface area contributed by atoms with Gasteiger partial charge in [0.15, 0.2) is 6.61 Å². The van der Waals surface area contributed by atoms with E-state index in [4.69, 9.17) is 4.74 Å². The van der Waals surface area contributed by atoms with Gasteiger partial charge in [-0.2, -0.15) is 0 Å². The zero-order chi connectivity index (χ0) is 19.4. The van der Waals surface area contributed by atoms with Crippen LogP contribution in [0.2, 0.25) is 0 Å². The molecule has 1 fully saturated rings. The summed E-state index contributed by atoms with van der Waals surface area (Å²) < 4.78 is 5.48. The Kier molecular flexibility index (Phi) is 5.70. The second-order valence-electron chi connectivity index (χ2n) is 6.14. The van der Waals surface area contributed by atoms with Crippen LogP contribution in [0.5, 0.6) is 5.75 Å². The molecule has 27 heavy (non-hydrogen) atoms. The van der Waals surface area contributed by atoms with Gasteiger partial charge in [0.25, 0.3) is 17.5 Å². The minimum Gasteiger partial charge on any atom is -0.484 e. The van der Waals surface area contributed by atoms with E-state index in [0.717, 1.165) is 0 Å². The number of thiophene rings is 1. The third-order valence-corrected chi connectivity index (χ3v) is 5.24. The van der Waals surface area contributed by atoms with E-state index in [-0.39, 0.29) is 24.1 Å². The number of hydrogen-bond donors (Lipinski definition) is 0. The molecule has 8 nitrogen and oxygen atoms in total. The van der Waals surface area contributed by atoms with Gasteiger partial charge < -0.3 is 14.5 Å². The lowest BCUT2D eigenvalue weighted by Crippen LogP contribution is -2.51. The fourth-order valence-corrected chi connectivity index (χ4v) is 3.56. The SMILES string of the molecule is Cc1cc(OCC(=O)N2CCN(C(=O)c3cccs3)CC2)ccc1[N+](=O)[O-]. The van der Waals surface area contributed by atoms with Gasteiger partial charge >= 0.3 is 0 Å². The normalized spacial score (nSPS) is 14.1. The Labute approximate surface area is 160 Å². The van der Waals surface area contributed by atoms with E-state index < -0.39 is 4.92 Å². The van der Waals surface area contributed by atoms with E-state index in [9.17, 15) is 19.7 Å². The molecule has 0 radical (unpaired) electrons. The standard InChI is InChI=1S/C18H19N3O5S/c1-13-11-14(4-5-15(13)21(24)25)26-12-17(22)19-6-8-20(9-7-19)18(23)16-3-2-10-27-16/h2-5,10-11H,6-9,12H2,1H3. The van der Waals surface area contributed by atoms with Crippen molar-refractivity contribution in [3.05, 3.63) is 56.3 Å². The fraction of sp³-hybridized carbons (Fsp3) is 0.333. The third-order valence-electron chi connectivity index (χ3n) is 4.38. The van der Waals surface area contributed by atoms with Gasteiger partial charge in [0, 0.05) is 37.8 Å². The topological polar surface area (TPSA) is 93.0 Å². The number of piperazine rings is 1. The molecular weight excluding hydrogens is 370 g/mol. The summed E-state index contributed by atoms with van der Waals surface area (Å²) in [6, 6.07) is 8.03. The maximum atomic E-state index is 12.3. The van der Waals surface area contributed by atoms with Gasteiger partial charge in [0.1, 0.15) is 5.75 Å². The lowest BCUT2D eigenvalue weighted by molar-refractivity contribution is -0.385. The maximum absolute atomic E-state index is 12.3.